The molecule has 4 nitrogen and oxygen atoms in total. The molecule has 4 aliphatic carbocycles. The van der Waals surface area contributed by atoms with Crippen LogP contribution in [0.25, 0.3) is 0 Å². The van der Waals surface area contributed by atoms with Crippen molar-refractivity contribution in [1.82, 2.24) is 0 Å². The van der Waals surface area contributed by atoms with Gasteiger partial charge in [-0.1, -0.05) is 41.5 Å². The fraction of sp³-hybridized carbons (Fsp3) is 0.967. The molecule has 0 amide bonds. The zero-order valence-corrected chi connectivity index (χ0v) is 22.9. The summed E-state index contributed by atoms with van der Waals surface area (Å²) in [7, 11) is 0. The quantitative estimate of drug-likeness (QED) is 0.515. The molecule has 6 fully saturated rings. The Morgan fingerprint density at radius 1 is 0.971 bits per heavy atom. The monoisotopic (exact) mass is 472 g/mol. The highest BCUT2D eigenvalue weighted by molar-refractivity contribution is 5.85. The minimum absolute atomic E-state index is 0.00357. The van der Waals surface area contributed by atoms with Crippen molar-refractivity contribution in [2.45, 2.75) is 136 Å². The van der Waals surface area contributed by atoms with Crippen molar-refractivity contribution in [3.63, 3.8) is 0 Å². The van der Waals surface area contributed by atoms with Crippen LogP contribution in [0.1, 0.15) is 107 Å². The average Bonchev–Trinajstić information content (AvgIpc) is 3.59. The molecule has 0 aromatic rings. The van der Waals surface area contributed by atoms with Gasteiger partial charge in [0.25, 0.3) is 0 Å². The van der Waals surface area contributed by atoms with Crippen LogP contribution in [-0.4, -0.2) is 40.4 Å². The Balaban J connectivity index is 1.28. The Hall–Kier alpha value is -0.450. The lowest BCUT2D eigenvalue weighted by Gasteiger charge is -2.65. The van der Waals surface area contributed by atoms with E-state index in [1.165, 1.54) is 25.7 Å². The third-order valence-electron chi connectivity index (χ3n) is 13.4. The molecule has 0 unspecified atom stereocenters. The molecule has 6 rings (SSSR count). The minimum Gasteiger partial charge on any atom is -0.390 e. The molecule has 0 radical (unpaired) electrons. The standard InChI is InChI=1S/C30H48O4/c1-17(15-19(31)24-26(4,5)34-24)18-9-14-29(8)28(18,7)13-10-20-27(6)12-11-22(32)25(2,3)21(27)16-23-30(20,29)33-23/h17-21,23-24,31H,9-16H2,1-8H3/t17-,18+,19-,20-,21+,23+,24+,27-,28+,29+,30+/m1/s1. The smallest absolute Gasteiger partial charge is 0.138 e. The van der Waals surface area contributed by atoms with Crippen LogP contribution in [0.4, 0.5) is 0 Å². The van der Waals surface area contributed by atoms with E-state index in [1.807, 2.05) is 0 Å². The first-order valence-electron chi connectivity index (χ1n) is 14.2. The number of Topliss-reactive ketones (excluding diaryl/α,β-unsaturated/α-hetero) is 1. The lowest BCUT2D eigenvalue weighted by molar-refractivity contribution is -0.175. The van der Waals surface area contributed by atoms with Crippen LogP contribution >= 0.6 is 0 Å². The first kappa shape index (κ1) is 23.9. The fourth-order valence-corrected chi connectivity index (χ4v) is 11.1. The number of epoxide rings is 2. The third-order valence-corrected chi connectivity index (χ3v) is 13.4. The molecule has 2 heterocycles. The van der Waals surface area contributed by atoms with Crippen molar-refractivity contribution in [2.24, 2.45) is 45.3 Å². The summed E-state index contributed by atoms with van der Waals surface area (Å²) >= 11 is 0. The second-order valence-electron chi connectivity index (χ2n) is 15.2. The van der Waals surface area contributed by atoms with E-state index < -0.39 is 0 Å². The molecule has 0 bridgehead atoms. The van der Waals surface area contributed by atoms with Gasteiger partial charge in [0, 0.05) is 17.3 Å². The first-order chi connectivity index (χ1) is 15.7. The summed E-state index contributed by atoms with van der Waals surface area (Å²) in [5.74, 6) is 2.56. The second-order valence-corrected chi connectivity index (χ2v) is 15.2. The number of aliphatic hydroxyl groups excluding tert-OH is 1. The van der Waals surface area contributed by atoms with Gasteiger partial charge in [-0.25, -0.2) is 0 Å². The maximum Gasteiger partial charge on any atom is 0.138 e. The lowest BCUT2D eigenvalue weighted by Crippen LogP contribution is -2.65. The molecule has 0 aromatic carbocycles. The van der Waals surface area contributed by atoms with Crippen LogP contribution in [0, 0.1) is 45.3 Å². The first-order valence-corrected chi connectivity index (χ1v) is 14.2. The van der Waals surface area contributed by atoms with Gasteiger partial charge in [-0.2, -0.15) is 0 Å². The Bertz CT molecular complexity index is 909. The summed E-state index contributed by atoms with van der Waals surface area (Å²) in [6.07, 6.45) is 8.58. The molecular weight excluding hydrogens is 424 g/mol. The van der Waals surface area contributed by atoms with E-state index in [0.717, 1.165) is 25.7 Å². The number of aliphatic hydroxyl groups is 1. The Labute approximate surface area is 206 Å². The van der Waals surface area contributed by atoms with Crippen molar-refractivity contribution in [3.8, 4) is 0 Å². The van der Waals surface area contributed by atoms with Crippen LogP contribution in [0.3, 0.4) is 0 Å². The summed E-state index contributed by atoms with van der Waals surface area (Å²) in [5, 5.41) is 10.9. The van der Waals surface area contributed by atoms with Crippen LogP contribution in [0.2, 0.25) is 0 Å². The van der Waals surface area contributed by atoms with Gasteiger partial charge in [0.1, 0.15) is 17.5 Å². The SMILES string of the molecule is C[C@H](C[C@@H](O)[C@@H]1OC1(C)C)[C@@H]1CC[C@]2(C)[C@@]34O[C@H]3C[C@H]3C(C)(C)C(=O)CC[C@]3(C)[C@H]4CC[C@@]12C. The number of ketones is 1. The number of carbonyl (C=O) groups excluding carboxylic acids is 1. The number of fused-ring (bicyclic) bond motifs is 3. The molecule has 1 spiro atoms. The maximum absolute atomic E-state index is 12.9. The van der Waals surface area contributed by atoms with E-state index in [1.54, 1.807) is 0 Å². The van der Waals surface area contributed by atoms with Crippen molar-refractivity contribution in [3.05, 3.63) is 0 Å². The molecule has 0 aromatic heterocycles. The maximum atomic E-state index is 12.9. The van der Waals surface area contributed by atoms with Gasteiger partial charge in [-0.15, -0.1) is 0 Å². The average molecular weight is 473 g/mol. The molecule has 6 aliphatic rings. The third kappa shape index (κ3) is 2.64. The number of ether oxygens (including phenoxy) is 2. The molecule has 11 atom stereocenters. The highest BCUT2D eigenvalue weighted by atomic mass is 16.6. The zero-order valence-electron chi connectivity index (χ0n) is 22.9. The predicted octanol–water partition coefficient (Wildman–Crippen LogP) is 5.94. The molecular formula is C30H48O4. The second kappa shape index (κ2) is 6.70. The number of hydrogen-bond acceptors (Lipinski definition) is 4. The lowest BCUT2D eigenvalue weighted by atomic mass is 9.38. The van der Waals surface area contributed by atoms with Gasteiger partial charge in [-0.3, -0.25) is 4.79 Å². The topological polar surface area (TPSA) is 62.4 Å². The normalized spacial score (nSPS) is 55.9. The highest BCUT2D eigenvalue weighted by Gasteiger charge is 2.83. The van der Waals surface area contributed by atoms with E-state index in [0.29, 0.717) is 35.6 Å². The Kier molecular flexibility index (Phi) is 4.71. The summed E-state index contributed by atoms with van der Waals surface area (Å²) in [4.78, 5) is 12.9. The van der Waals surface area contributed by atoms with Gasteiger partial charge in [0.05, 0.1) is 17.8 Å². The highest BCUT2D eigenvalue weighted by Crippen LogP contribution is 2.81. The van der Waals surface area contributed by atoms with Gasteiger partial charge in [-0.05, 0) is 93.3 Å². The predicted molar refractivity (Wildman–Crippen MR) is 132 cm³/mol. The van der Waals surface area contributed by atoms with E-state index in [9.17, 15) is 9.90 Å². The molecule has 2 saturated heterocycles. The van der Waals surface area contributed by atoms with Crippen LogP contribution < -0.4 is 0 Å². The number of rotatable bonds is 4. The Morgan fingerprint density at radius 2 is 1.65 bits per heavy atom. The van der Waals surface area contributed by atoms with Crippen LogP contribution in [0.15, 0.2) is 0 Å². The summed E-state index contributed by atoms with van der Waals surface area (Å²) in [6, 6.07) is 0. The van der Waals surface area contributed by atoms with Gasteiger partial charge in [0.2, 0.25) is 0 Å². The molecule has 34 heavy (non-hydrogen) atoms. The van der Waals surface area contributed by atoms with Gasteiger partial charge in [0.15, 0.2) is 0 Å². The van der Waals surface area contributed by atoms with E-state index in [4.69, 9.17) is 9.47 Å². The minimum atomic E-state index is -0.365. The molecule has 1 N–H and O–H groups in total. The van der Waals surface area contributed by atoms with Crippen molar-refractivity contribution in [2.75, 3.05) is 0 Å². The fourth-order valence-electron chi connectivity index (χ4n) is 11.1. The van der Waals surface area contributed by atoms with E-state index >= 15 is 0 Å². The number of carbonyl (C=O) groups is 1. The van der Waals surface area contributed by atoms with Crippen molar-refractivity contribution < 1.29 is 19.4 Å². The van der Waals surface area contributed by atoms with E-state index in [2.05, 4.69) is 55.4 Å². The summed E-state index contributed by atoms with van der Waals surface area (Å²) in [6.45, 7) is 18.6. The van der Waals surface area contributed by atoms with Gasteiger partial charge < -0.3 is 14.6 Å². The van der Waals surface area contributed by atoms with Crippen LogP contribution in [0.5, 0.6) is 0 Å². The summed E-state index contributed by atoms with van der Waals surface area (Å²) < 4.78 is 12.7. The molecule has 4 saturated carbocycles. The van der Waals surface area contributed by atoms with E-state index in [-0.39, 0.29) is 45.1 Å². The van der Waals surface area contributed by atoms with Crippen molar-refractivity contribution >= 4 is 5.78 Å². The molecule has 2 aliphatic heterocycles. The number of hydrogen-bond donors (Lipinski definition) is 1. The van der Waals surface area contributed by atoms with Gasteiger partial charge >= 0.3 is 0 Å². The summed E-state index contributed by atoms with van der Waals surface area (Å²) in [5.41, 5.74) is 0.212. The largest absolute Gasteiger partial charge is 0.390 e. The van der Waals surface area contributed by atoms with Crippen molar-refractivity contribution in [1.29, 1.82) is 0 Å². The zero-order chi connectivity index (χ0) is 24.7. The molecule has 192 valence electrons. The Morgan fingerprint density at radius 3 is 2.29 bits per heavy atom. The molecule has 4 heteroatoms. The van der Waals surface area contributed by atoms with Crippen LogP contribution in [-0.2, 0) is 14.3 Å².